The Hall–Kier alpha value is -1.56. The van der Waals surface area contributed by atoms with Crippen molar-refractivity contribution in [2.75, 3.05) is 0 Å². The molecule has 0 aliphatic heterocycles. The summed E-state index contributed by atoms with van der Waals surface area (Å²) in [5.74, 6) is 5.89. The molecular formula is C16H13BrO. The molecule has 18 heavy (non-hydrogen) atoms. The van der Waals surface area contributed by atoms with Gasteiger partial charge >= 0.3 is 0 Å². The Morgan fingerprint density at radius 1 is 1.06 bits per heavy atom. The molecule has 0 radical (unpaired) electrons. The van der Waals surface area contributed by atoms with Crippen molar-refractivity contribution in [3.8, 4) is 11.8 Å². The molecule has 1 unspecified atom stereocenters. The van der Waals surface area contributed by atoms with Crippen LogP contribution >= 0.6 is 15.9 Å². The van der Waals surface area contributed by atoms with Crippen molar-refractivity contribution >= 4 is 15.9 Å². The fourth-order valence-corrected chi connectivity index (χ4v) is 1.98. The lowest BCUT2D eigenvalue weighted by molar-refractivity contribution is 0.122. The molecule has 0 amide bonds. The average molecular weight is 301 g/mol. The van der Waals surface area contributed by atoms with Gasteiger partial charge in [0.15, 0.2) is 0 Å². The quantitative estimate of drug-likeness (QED) is 0.796. The molecular weight excluding hydrogens is 288 g/mol. The first-order valence-corrected chi connectivity index (χ1v) is 6.44. The second-order valence-electron chi connectivity index (χ2n) is 4.20. The van der Waals surface area contributed by atoms with Crippen molar-refractivity contribution in [2.24, 2.45) is 0 Å². The molecule has 1 atom stereocenters. The summed E-state index contributed by atoms with van der Waals surface area (Å²) < 4.78 is 0.932. The van der Waals surface area contributed by atoms with Crippen molar-refractivity contribution in [3.63, 3.8) is 0 Å². The topological polar surface area (TPSA) is 20.2 Å². The van der Waals surface area contributed by atoms with Crippen LogP contribution in [0.15, 0.2) is 59.1 Å². The van der Waals surface area contributed by atoms with Crippen molar-refractivity contribution in [1.29, 1.82) is 0 Å². The molecule has 1 nitrogen and oxygen atoms in total. The van der Waals surface area contributed by atoms with E-state index in [9.17, 15) is 5.11 Å². The number of benzene rings is 2. The summed E-state index contributed by atoms with van der Waals surface area (Å²) in [4.78, 5) is 0. The number of aliphatic hydroxyl groups is 1. The van der Waals surface area contributed by atoms with Gasteiger partial charge in [0.2, 0.25) is 0 Å². The summed E-state index contributed by atoms with van der Waals surface area (Å²) in [5, 5.41) is 10.4. The Labute approximate surface area is 116 Å². The van der Waals surface area contributed by atoms with Gasteiger partial charge in [-0.3, -0.25) is 0 Å². The molecule has 1 N–H and O–H groups in total. The predicted octanol–water partition coefficient (Wildman–Crippen LogP) is 3.71. The molecule has 0 heterocycles. The summed E-state index contributed by atoms with van der Waals surface area (Å²) in [5.41, 5.74) is 0.521. The van der Waals surface area contributed by atoms with Crippen LogP contribution in [-0.2, 0) is 5.60 Å². The van der Waals surface area contributed by atoms with Gasteiger partial charge in [0.1, 0.15) is 5.60 Å². The van der Waals surface area contributed by atoms with Crippen molar-refractivity contribution in [2.45, 2.75) is 12.5 Å². The number of hydrogen-bond donors (Lipinski definition) is 1. The largest absolute Gasteiger partial charge is 0.374 e. The Kier molecular flexibility index (Phi) is 3.86. The fourth-order valence-electron chi connectivity index (χ4n) is 1.58. The van der Waals surface area contributed by atoms with E-state index in [1.165, 1.54) is 0 Å². The minimum atomic E-state index is -1.15. The maximum atomic E-state index is 10.4. The highest BCUT2D eigenvalue weighted by molar-refractivity contribution is 9.10. The van der Waals surface area contributed by atoms with E-state index in [0.717, 1.165) is 15.6 Å². The Morgan fingerprint density at radius 2 is 1.78 bits per heavy atom. The molecule has 90 valence electrons. The standard InChI is InChI=1S/C16H13BrO/c1-16(18,14-8-5-9-15(17)12-14)11-10-13-6-3-2-4-7-13/h2-9,12,18H,1H3. The van der Waals surface area contributed by atoms with Gasteiger partial charge in [-0.1, -0.05) is 58.1 Å². The first-order valence-electron chi connectivity index (χ1n) is 5.64. The van der Waals surface area contributed by atoms with Gasteiger partial charge in [-0.05, 0) is 36.8 Å². The highest BCUT2D eigenvalue weighted by atomic mass is 79.9. The third kappa shape index (κ3) is 3.22. The minimum absolute atomic E-state index is 0.778. The van der Waals surface area contributed by atoms with Crippen LogP contribution in [0, 0.1) is 11.8 Å². The molecule has 0 aromatic heterocycles. The van der Waals surface area contributed by atoms with Crippen LogP contribution < -0.4 is 0 Å². The molecule has 2 aromatic carbocycles. The van der Waals surface area contributed by atoms with E-state index in [2.05, 4.69) is 27.8 Å². The van der Waals surface area contributed by atoms with E-state index < -0.39 is 5.60 Å². The molecule has 0 fully saturated rings. The van der Waals surface area contributed by atoms with Gasteiger partial charge in [-0.15, -0.1) is 0 Å². The summed E-state index contributed by atoms with van der Waals surface area (Å²) >= 11 is 3.39. The maximum absolute atomic E-state index is 10.4. The van der Waals surface area contributed by atoms with Gasteiger partial charge in [-0.2, -0.15) is 0 Å². The van der Waals surface area contributed by atoms with Crippen LogP contribution in [0.4, 0.5) is 0 Å². The summed E-state index contributed by atoms with van der Waals surface area (Å²) in [6.45, 7) is 1.70. The third-order valence-electron chi connectivity index (χ3n) is 2.61. The zero-order valence-corrected chi connectivity index (χ0v) is 11.6. The van der Waals surface area contributed by atoms with Gasteiger partial charge in [0.05, 0.1) is 0 Å². The lowest BCUT2D eigenvalue weighted by Crippen LogP contribution is -2.18. The summed E-state index contributed by atoms with van der Waals surface area (Å²) in [6, 6.07) is 17.2. The van der Waals surface area contributed by atoms with Gasteiger partial charge in [-0.25, -0.2) is 0 Å². The van der Waals surface area contributed by atoms with Gasteiger partial charge < -0.3 is 5.11 Å². The van der Waals surface area contributed by atoms with E-state index >= 15 is 0 Å². The first-order chi connectivity index (χ1) is 8.58. The average Bonchev–Trinajstić information content (AvgIpc) is 2.38. The van der Waals surface area contributed by atoms with Crippen LogP contribution in [0.2, 0.25) is 0 Å². The lowest BCUT2D eigenvalue weighted by Gasteiger charge is -2.17. The molecule has 0 saturated carbocycles. The maximum Gasteiger partial charge on any atom is 0.148 e. The summed E-state index contributed by atoms with van der Waals surface area (Å²) in [7, 11) is 0. The minimum Gasteiger partial charge on any atom is -0.374 e. The molecule has 0 aliphatic carbocycles. The zero-order valence-electron chi connectivity index (χ0n) is 10.0. The first kappa shape index (κ1) is 12.9. The van der Waals surface area contributed by atoms with Crippen LogP contribution in [0.3, 0.4) is 0 Å². The number of halogens is 1. The second-order valence-corrected chi connectivity index (χ2v) is 5.11. The van der Waals surface area contributed by atoms with E-state index in [1.54, 1.807) is 6.92 Å². The summed E-state index contributed by atoms with van der Waals surface area (Å²) in [6.07, 6.45) is 0. The van der Waals surface area contributed by atoms with Crippen molar-refractivity contribution in [1.82, 2.24) is 0 Å². The normalized spacial score (nSPS) is 13.3. The van der Waals surface area contributed by atoms with E-state index in [4.69, 9.17) is 0 Å². The molecule has 2 rings (SSSR count). The predicted molar refractivity (Wildman–Crippen MR) is 77.0 cm³/mol. The fraction of sp³-hybridized carbons (Fsp3) is 0.125. The van der Waals surface area contributed by atoms with Gasteiger partial charge in [0, 0.05) is 10.0 Å². The molecule has 2 aromatic rings. The molecule has 0 bridgehead atoms. The lowest BCUT2D eigenvalue weighted by atomic mass is 9.96. The van der Waals surface area contributed by atoms with E-state index in [1.807, 2.05) is 54.6 Å². The Balaban J connectivity index is 2.30. The molecule has 0 aliphatic rings. The third-order valence-corrected chi connectivity index (χ3v) is 3.10. The van der Waals surface area contributed by atoms with Crippen LogP contribution in [0.5, 0.6) is 0 Å². The molecule has 0 saturated heterocycles. The second kappa shape index (κ2) is 5.39. The highest BCUT2D eigenvalue weighted by Crippen LogP contribution is 2.23. The monoisotopic (exact) mass is 300 g/mol. The zero-order chi connectivity index (χ0) is 13.0. The smallest absolute Gasteiger partial charge is 0.148 e. The molecule has 0 spiro atoms. The highest BCUT2D eigenvalue weighted by Gasteiger charge is 2.19. The van der Waals surface area contributed by atoms with Crippen LogP contribution in [0.1, 0.15) is 18.1 Å². The van der Waals surface area contributed by atoms with Crippen LogP contribution in [-0.4, -0.2) is 5.11 Å². The SMILES string of the molecule is CC(O)(C#Cc1ccccc1)c1cccc(Br)c1. The Bertz CT molecular complexity index is 591. The number of rotatable bonds is 1. The number of hydrogen-bond acceptors (Lipinski definition) is 1. The van der Waals surface area contributed by atoms with Crippen molar-refractivity contribution < 1.29 is 5.11 Å². The Morgan fingerprint density at radius 3 is 2.44 bits per heavy atom. The van der Waals surface area contributed by atoms with Crippen LogP contribution in [0.25, 0.3) is 0 Å². The molecule has 2 heteroatoms. The van der Waals surface area contributed by atoms with Crippen molar-refractivity contribution in [3.05, 3.63) is 70.2 Å². The van der Waals surface area contributed by atoms with E-state index in [0.29, 0.717) is 0 Å². The van der Waals surface area contributed by atoms with E-state index in [-0.39, 0.29) is 0 Å². The van der Waals surface area contributed by atoms with Gasteiger partial charge in [0.25, 0.3) is 0 Å².